The Labute approximate surface area is 123 Å². The monoisotopic (exact) mass is 275 g/mol. The number of nitrogens with two attached hydrogens (primary N) is 1. The van der Waals surface area contributed by atoms with Gasteiger partial charge >= 0.3 is 0 Å². The minimum absolute atomic E-state index is 0.544. The number of rotatable bonds is 6. The summed E-state index contributed by atoms with van der Waals surface area (Å²) < 4.78 is 0. The van der Waals surface area contributed by atoms with Crippen LogP contribution in [-0.4, -0.2) is 30.6 Å². The van der Waals surface area contributed by atoms with E-state index in [0.29, 0.717) is 12.6 Å². The molecular weight excluding hydrogens is 246 g/mol. The van der Waals surface area contributed by atoms with E-state index >= 15 is 0 Å². The molecule has 0 aliphatic carbocycles. The van der Waals surface area contributed by atoms with Gasteiger partial charge < -0.3 is 16.0 Å². The molecule has 112 valence electrons. The molecule has 3 N–H and O–H groups in total. The van der Waals surface area contributed by atoms with Crippen molar-refractivity contribution >= 4 is 0 Å². The van der Waals surface area contributed by atoms with Crippen LogP contribution in [0.5, 0.6) is 0 Å². The Kier molecular flexibility index (Phi) is 6.51. The van der Waals surface area contributed by atoms with E-state index in [9.17, 15) is 0 Å². The maximum absolute atomic E-state index is 5.62. The van der Waals surface area contributed by atoms with Crippen molar-refractivity contribution < 1.29 is 0 Å². The average Bonchev–Trinajstić information content (AvgIpc) is 2.74. The number of hydrogen-bond acceptors (Lipinski definition) is 3. The van der Waals surface area contributed by atoms with Crippen LogP contribution in [0.15, 0.2) is 24.3 Å². The summed E-state index contributed by atoms with van der Waals surface area (Å²) >= 11 is 0. The van der Waals surface area contributed by atoms with Crippen molar-refractivity contribution in [2.24, 2.45) is 5.73 Å². The minimum Gasteiger partial charge on any atom is -0.326 e. The lowest BCUT2D eigenvalue weighted by molar-refractivity contribution is 0.255. The molecule has 0 amide bonds. The highest BCUT2D eigenvalue weighted by molar-refractivity contribution is 5.22. The van der Waals surface area contributed by atoms with Crippen molar-refractivity contribution in [3.05, 3.63) is 35.4 Å². The number of hydrogen-bond donors (Lipinski definition) is 2. The molecule has 1 heterocycles. The van der Waals surface area contributed by atoms with Crippen molar-refractivity contribution in [3.8, 4) is 0 Å². The lowest BCUT2D eigenvalue weighted by Gasteiger charge is -2.24. The predicted octanol–water partition coefficient (Wildman–Crippen LogP) is 2.50. The predicted molar refractivity (Wildman–Crippen MR) is 85.5 cm³/mol. The SMILES string of the molecule is C[C@H](CN1CCCCCC1)NCc1ccc(CN)cc1. The van der Waals surface area contributed by atoms with Crippen LogP contribution in [0.3, 0.4) is 0 Å². The number of nitrogens with zero attached hydrogens (tertiary/aromatic N) is 1. The van der Waals surface area contributed by atoms with Gasteiger partial charge in [-0.05, 0) is 44.0 Å². The zero-order valence-electron chi connectivity index (χ0n) is 12.8. The summed E-state index contributed by atoms with van der Waals surface area (Å²) in [6.07, 6.45) is 5.55. The average molecular weight is 275 g/mol. The molecule has 3 nitrogen and oxygen atoms in total. The Hall–Kier alpha value is -0.900. The fourth-order valence-corrected chi connectivity index (χ4v) is 2.86. The second kappa shape index (κ2) is 8.40. The smallest absolute Gasteiger partial charge is 0.0208 e. The maximum atomic E-state index is 5.62. The van der Waals surface area contributed by atoms with E-state index in [2.05, 4.69) is 41.4 Å². The second-order valence-electron chi connectivity index (χ2n) is 6.02. The van der Waals surface area contributed by atoms with Gasteiger partial charge in [0.25, 0.3) is 0 Å². The number of nitrogens with one attached hydrogen (secondary N) is 1. The molecule has 1 aliphatic rings. The van der Waals surface area contributed by atoms with Gasteiger partial charge in [0, 0.05) is 25.7 Å². The van der Waals surface area contributed by atoms with Crippen molar-refractivity contribution in [1.82, 2.24) is 10.2 Å². The Balaban J connectivity index is 1.71. The summed E-state index contributed by atoms with van der Waals surface area (Å²) in [6.45, 7) is 7.58. The van der Waals surface area contributed by atoms with Crippen LogP contribution < -0.4 is 11.1 Å². The molecule has 20 heavy (non-hydrogen) atoms. The first kappa shape index (κ1) is 15.5. The van der Waals surface area contributed by atoms with Gasteiger partial charge in [0.05, 0.1) is 0 Å². The Morgan fingerprint density at radius 2 is 1.65 bits per heavy atom. The fourth-order valence-electron chi connectivity index (χ4n) is 2.86. The van der Waals surface area contributed by atoms with Gasteiger partial charge in [-0.15, -0.1) is 0 Å². The van der Waals surface area contributed by atoms with Gasteiger partial charge in [-0.3, -0.25) is 0 Å². The molecule has 0 spiro atoms. The maximum Gasteiger partial charge on any atom is 0.0208 e. The summed E-state index contributed by atoms with van der Waals surface area (Å²) in [5, 5.41) is 3.63. The molecule has 1 fully saturated rings. The van der Waals surface area contributed by atoms with E-state index in [4.69, 9.17) is 5.73 Å². The lowest BCUT2D eigenvalue weighted by Crippen LogP contribution is -2.39. The summed E-state index contributed by atoms with van der Waals surface area (Å²) in [4.78, 5) is 2.61. The fraction of sp³-hybridized carbons (Fsp3) is 0.647. The molecule has 1 atom stereocenters. The lowest BCUT2D eigenvalue weighted by atomic mass is 10.1. The normalized spacial score (nSPS) is 18.7. The zero-order chi connectivity index (χ0) is 14.2. The molecule has 2 rings (SSSR count). The Morgan fingerprint density at radius 1 is 1.05 bits per heavy atom. The van der Waals surface area contributed by atoms with Gasteiger partial charge in [-0.1, -0.05) is 37.1 Å². The van der Waals surface area contributed by atoms with Gasteiger partial charge in [0.2, 0.25) is 0 Å². The van der Waals surface area contributed by atoms with E-state index in [1.54, 1.807) is 0 Å². The quantitative estimate of drug-likeness (QED) is 0.838. The highest BCUT2D eigenvalue weighted by Crippen LogP contribution is 2.10. The molecule has 1 saturated heterocycles. The minimum atomic E-state index is 0.544. The highest BCUT2D eigenvalue weighted by atomic mass is 15.1. The molecule has 0 bridgehead atoms. The summed E-state index contributed by atoms with van der Waals surface area (Å²) in [5.74, 6) is 0. The summed E-state index contributed by atoms with van der Waals surface area (Å²) in [7, 11) is 0. The second-order valence-corrected chi connectivity index (χ2v) is 6.02. The third kappa shape index (κ3) is 5.23. The van der Waals surface area contributed by atoms with Gasteiger partial charge in [-0.2, -0.15) is 0 Å². The van der Waals surface area contributed by atoms with Crippen LogP contribution in [0.25, 0.3) is 0 Å². The third-order valence-corrected chi connectivity index (χ3v) is 4.14. The molecule has 0 aromatic heterocycles. The largest absolute Gasteiger partial charge is 0.326 e. The topological polar surface area (TPSA) is 41.3 Å². The molecule has 3 heteroatoms. The first-order chi connectivity index (χ1) is 9.78. The van der Waals surface area contributed by atoms with Gasteiger partial charge in [0.1, 0.15) is 0 Å². The molecule has 1 aromatic carbocycles. The van der Waals surface area contributed by atoms with Crippen LogP contribution in [0.1, 0.15) is 43.7 Å². The molecule has 0 radical (unpaired) electrons. The zero-order valence-corrected chi connectivity index (χ0v) is 12.8. The summed E-state index contributed by atoms with van der Waals surface area (Å²) in [5.41, 5.74) is 8.16. The highest BCUT2D eigenvalue weighted by Gasteiger charge is 2.12. The first-order valence-corrected chi connectivity index (χ1v) is 8.01. The van der Waals surface area contributed by atoms with Crippen molar-refractivity contribution in [2.45, 2.75) is 51.7 Å². The van der Waals surface area contributed by atoms with E-state index in [1.165, 1.54) is 56.4 Å². The van der Waals surface area contributed by atoms with Crippen LogP contribution >= 0.6 is 0 Å². The third-order valence-electron chi connectivity index (χ3n) is 4.14. The first-order valence-electron chi connectivity index (χ1n) is 8.01. The van der Waals surface area contributed by atoms with Crippen LogP contribution in [0, 0.1) is 0 Å². The standard InChI is InChI=1S/C17H29N3/c1-15(14-20-10-4-2-3-5-11-20)19-13-17-8-6-16(12-18)7-9-17/h6-9,15,19H,2-5,10-14,18H2,1H3/t15-/m1/s1. The van der Waals surface area contributed by atoms with Crippen molar-refractivity contribution in [3.63, 3.8) is 0 Å². The van der Waals surface area contributed by atoms with Crippen molar-refractivity contribution in [1.29, 1.82) is 0 Å². The van der Waals surface area contributed by atoms with Gasteiger partial charge in [0.15, 0.2) is 0 Å². The summed E-state index contributed by atoms with van der Waals surface area (Å²) in [6, 6.07) is 9.14. The molecule has 1 aromatic rings. The molecular formula is C17H29N3. The van der Waals surface area contributed by atoms with E-state index in [1.807, 2.05) is 0 Å². The Bertz CT molecular complexity index is 366. The van der Waals surface area contributed by atoms with Gasteiger partial charge in [-0.25, -0.2) is 0 Å². The number of likely N-dealkylation sites (tertiary alicyclic amines) is 1. The van der Waals surface area contributed by atoms with Crippen LogP contribution in [0.4, 0.5) is 0 Å². The van der Waals surface area contributed by atoms with Crippen LogP contribution in [-0.2, 0) is 13.1 Å². The van der Waals surface area contributed by atoms with Crippen LogP contribution in [0.2, 0.25) is 0 Å². The van der Waals surface area contributed by atoms with E-state index < -0.39 is 0 Å². The molecule has 0 saturated carbocycles. The van der Waals surface area contributed by atoms with E-state index in [0.717, 1.165) is 6.54 Å². The number of benzene rings is 1. The molecule has 1 aliphatic heterocycles. The molecule has 0 unspecified atom stereocenters. The van der Waals surface area contributed by atoms with E-state index in [-0.39, 0.29) is 0 Å². The van der Waals surface area contributed by atoms with Crippen molar-refractivity contribution in [2.75, 3.05) is 19.6 Å². The Morgan fingerprint density at radius 3 is 2.25 bits per heavy atom.